The van der Waals surface area contributed by atoms with Gasteiger partial charge in [0.1, 0.15) is 6.04 Å². The van der Waals surface area contributed by atoms with Crippen molar-refractivity contribution in [1.82, 2.24) is 10.3 Å². The molecule has 1 aromatic rings. The van der Waals surface area contributed by atoms with Crippen molar-refractivity contribution in [3.8, 4) is 0 Å². The summed E-state index contributed by atoms with van der Waals surface area (Å²) in [5, 5.41) is 11.4. The van der Waals surface area contributed by atoms with Crippen molar-refractivity contribution >= 4 is 11.9 Å². The standard InChI is InChI=1S/C12H16N2O3/c1-3-5-10(12(16)17)14-11(15)9-6-4-7-13-8(9)2/h4,6-7,10H,3,5H2,1-2H3,(H,14,15)(H,16,17). The number of nitrogens with zero attached hydrogens (tertiary/aromatic N) is 1. The number of rotatable bonds is 5. The maximum atomic E-state index is 11.8. The Balaban J connectivity index is 2.77. The lowest BCUT2D eigenvalue weighted by molar-refractivity contribution is -0.139. The highest BCUT2D eigenvalue weighted by atomic mass is 16.4. The summed E-state index contributed by atoms with van der Waals surface area (Å²) >= 11 is 0. The van der Waals surface area contributed by atoms with Crippen LogP contribution < -0.4 is 5.32 Å². The normalized spacial score (nSPS) is 11.9. The van der Waals surface area contributed by atoms with E-state index in [1.54, 1.807) is 25.3 Å². The average molecular weight is 236 g/mol. The minimum Gasteiger partial charge on any atom is -0.480 e. The SMILES string of the molecule is CCCC(NC(=O)c1cccnc1C)C(=O)O. The molecule has 1 unspecified atom stereocenters. The Kier molecular flexibility index (Phi) is 4.63. The topological polar surface area (TPSA) is 79.3 Å². The van der Waals surface area contributed by atoms with Gasteiger partial charge in [-0.3, -0.25) is 9.78 Å². The molecule has 0 aliphatic carbocycles. The van der Waals surface area contributed by atoms with Gasteiger partial charge in [0.05, 0.1) is 5.56 Å². The van der Waals surface area contributed by atoms with Gasteiger partial charge in [-0.2, -0.15) is 0 Å². The number of pyridine rings is 1. The van der Waals surface area contributed by atoms with Gasteiger partial charge in [0, 0.05) is 11.9 Å². The van der Waals surface area contributed by atoms with Crippen molar-refractivity contribution in [3.63, 3.8) is 0 Å². The molecule has 92 valence electrons. The second kappa shape index (κ2) is 5.98. The number of hydrogen-bond donors (Lipinski definition) is 2. The molecule has 5 heteroatoms. The number of carbonyl (C=O) groups is 2. The van der Waals surface area contributed by atoms with E-state index >= 15 is 0 Å². The molecule has 0 saturated heterocycles. The lowest BCUT2D eigenvalue weighted by Gasteiger charge is -2.14. The van der Waals surface area contributed by atoms with Crippen LogP contribution >= 0.6 is 0 Å². The van der Waals surface area contributed by atoms with Crippen molar-refractivity contribution in [3.05, 3.63) is 29.6 Å². The fraction of sp³-hybridized carbons (Fsp3) is 0.417. The summed E-state index contributed by atoms with van der Waals surface area (Å²) in [5.41, 5.74) is 1.00. The molecule has 5 nitrogen and oxygen atoms in total. The zero-order chi connectivity index (χ0) is 12.8. The fourth-order valence-corrected chi connectivity index (χ4v) is 1.51. The van der Waals surface area contributed by atoms with E-state index in [-0.39, 0.29) is 0 Å². The first kappa shape index (κ1) is 13.2. The van der Waals surface area contributed by atoms with Crippen LogP contribution in [0.2, 0.25) is 0 Å². The summed E-state index contributed by atoms with van der Waals surface area (Å²) in [6.45, 7) is 3.59. The Morgan fingerprint density at radius 2 is 2.24 bits per heavy atom. The van der Waals surface area contributed by atoms with Gasteiger partial charge in [-0.25, -0.2) is 4.79 Å². The van der Waals surface area contributed by atoms with E-state index in [9.17, 15) is 9.59 Å². The molecule has 1 atom stereocenters. The maximum Gasteiger partial charge on any atom is 0.326 e. The first-order valence-electron chi connectivity index (χ1n) is 5.51. The number of carbonyl (C=O) groups excluding carboxylic acids is 1. The summed E-state index contributed by atoms with van der Waals surface area (Å²) in [6.07, 6.45) is 2.70. The fourth-order valence-electron chi connectivity index (χ4n) is 1.51. The van der Waals surface area contributed by atoms with Gasteiger partial charge < -0.3 is 10.4 Å². The van der Waals surface area contributed by atoms with Crippen LogP contribution in [0.15, 0.2) is 18.3 Å². The quantitative estimate of drug-likeness (QED) is 0.809. The average Bonchev–Trinajstić information content (AvgIpc) is 2.28. The van der Waals surface area contributed by atoms with Crippen LogP contribution in [0, 0.1) is 6.92 Å². The van der Waals surface area contributed by atoms with Gasteiger partial charge >= 0.3 is 5.97 Å². The number of aryl methyl sites for hydroxylation is 1. The Morgan fingerprint density at radius 1 is 1.53 bits per heavy atom. The van der Waals surface area contributed by atoms with Crippen LogP contribution in [0.4, 0.5) is 0 Å². The second-order valence-electron chi connectivity index (χ2n) is 3.79. The Morgan fingerprint density at radius 3 is 2.76 bits per heavy atom. The second-order valence-corrected chi connectivity index (χ2v) is 3.79. The van der Waals surface area contributed by atoms with Crippen LogP contribution in [-0.4, -0.2) is 28.0 Å². The van der Waals surface area contributed by atoms with Crippen LogP contribution in [0.5, 0.6) is 0 Å². The first-order chi connectivity index (χ1) is 8.06. The number of carboxylic acids is 1. The maximum absolute atomic E-state index is 11.8. The zero-order valence-corrected chi connectivity index (χ0v) is 9.93. The molecule has 1 aromatic heterocycles. The molecule has 17 heavy (non-hydrogen) atoms. The third-order valence-electron chi connectivity index (χ3n) is 2.43. The van der Waals surface area contributed by atoms with Crippen LogP contribution in [0.3, 0.4) is 0 Å². The van der Waals surface area contributed by atoms with Gasteiger partial charge in [-0.1, -0.05) is 13.3 Å². The van der Waals surface area contributed by atoms with E-state index in [0.29, 0.717) is 24.1 Å². The first-order valence-corrected chi connectivity index (χ1v) is 5.51. The summed E-state index contributed by atoms with van der Waals surface area (Å²) in [4.78, 5) is 26.7. The number of hydrogen-bond acceptors (Lipinski definition) is 3. The predicted molar refractivity (Wildman–Crippen MR) is 62.8 cm³/mol. The van der Waals surface area contributed by atoms with E-state index < -0.39 is 17.9 Å². The van der Waals surface area contributed by atoms with E-state index in [2.05, 4.69) is 10.3 Å². The molecule has 0 spiro atoms. The lowest BCUT2D eigenvalue weighted by atomic mass is 10.1. The minimum absolute atomic E-state index is 0.392. The van der Waals surface area contributed by atoms with Crippen LogP contribution in [0.1, 0.15) is 35.8 Å². The van der Waals surface area contributed by atoms with Crippen LogP contribution in [-0.2, 0) is 4.79 Å². The van der Waals surface area contributed by atoms with Gasteiger partial charge in [0.25, 0.3) is 5.91 Å². The minimum atomic E-state index is -1.01. The number of carboxylic acid groups (broad SMARTS) is 1. The largest absolute Gasteiger partial charge is 0.480 e. The Labute approximate surface area is 99.9 Å². The molecule has 0 aromatic carbocycles. The highest BCUT2D eigenvalue weighted by Crippen LogP contribution is 2.05. The van der Waals surface area contributed by atoms with Gasteiger partial charge in [-0.15, -0.1) is 0 Å². The smallest absolute Gasteiger partial charge is 0.326 e. The highest BCUT2D eigenvalue weighted by molar-refractivity contribution is 5.97. The van der Waals surface area contributed by atoms with Gasteiger partial charge in [0.15, 0.2) is 0 Å². The van der Waals surface area contributed by atoms with Crippen LogP contribution in [0.25, 0.3) is 0 Å². The molecular formula is C12H16N2O3. The summed E-state index contributed by atoms with van der Waals surface area (Å²) in [7, 11) is 0. The third-order valence-corrected chi connectivity index (χ3v) is 2.43. The summed E-state index contributed by atoms with van der Waals surface area (Å²) < 4.78 is 0. The molecule has 0 aliphatic rings. The van der Waals surface area contributed by atoms with Gasteiger partial charge in [0.2, 0.25) is 0 Å². The molecule has 0 bridgehead atoms. The Hall–Kier alpha value is -1.91. The number of amides is 1. The number of nitrogens with one attached hydrogen (secondary N) is 1. The Bertz CT molecular complexity index is 418. The molecule has 0 radical (unpaired) electrons. The van der Waals surface area contributed by atoms with Crippen molar-refractivity contribution in [2.24, 2.45) is 0 Å². The molecule has 0 saturated carbocycles. The monoisotopic (exact) mass is 236 g/mol. The number of aliphatic carboxylic acids is 1. The molecular weight excluding hydrogens is 220 g/mol. The zero-order valence-electron chi connectivity index (χ0n) is 9.93. The molecule has 1 heterocycles. The molecule has 1 amide bonds. The highest BCUT2D eigenvalue weighted by Gasteiger charge is 2.20. The van der Waals surface area contributed by atoms with Crippen molar-refractivity contribution < 1.29 is 14.7 Å². The van der Waals surface area contributed by atoms with E-state index in [1.807, 2.05) is 6.92 Å². The van der Waals surface area contributed by atoms with E-state index in [4.69, 9.17) is 5.11 Å². The molecule has 0 aliphatic heterocycles. The van der Waals surface area contributed by atoms with Gasteiger partial charge in [-0.05, 0) is 25.5 Å². The number of aromatic nitrogens is 1. The molecule has 0 fully saturated rings. The van der Waals surface area contributed by atoms with E-state index in [1.165, 1.54) is 0 Å². The van der Waals surface area contributed by atoms with Crippen molar-refractivity contribution in [2.45, 2.75) is 32.7 Å². The molecule has 1 rings (SSSR count). The van der Waals surface area contributed by atoms with Crippen molar-refractivity contribution in [1.29, 1.82) is 0 Å². The molecule has 2 N–H and O–H groups in total. The van der Waals surface area contributed by atoms with E-state index in [0.717, 1.165) is 0 Å². The predicted octanol–water partition coefficient (Wildman–Crippen LogP) is 1.37. The van der Waals surface area contributed by atoms with Crippen molar-refractivity contribution in [2.75, 3.05) is 0 Å². The summed E-state index contributed by atoms with van der Waals surface area (Å²) in [6, 6.07) is 2.44. The summed E-state index contributed by atoms with van der Waals surface area (Å²) in [5.74, 6) is -1.40. The third kappa shape index (κ3) is 3.55. The lowest BCUT2D eigenvalue weighted by Crippen LogP contribution is -2.40.